The first-order chi connectivity index (χ1) is 6.50. The van der Waals surface area contributed by atoms with Crippen molar-refractivity contribution < 1.29 is 4.79 Å². The molecule has 0 saturated heterocycles. The fraction of sp³-hybridized carbons (Fsp3) is 0.125. The molecule has 0 fully saturated rings. The monoisotopic (exact) mass is 455 g/mol. The van der Waals surface area contributed by atoms with Crippen LogP contribution in [0, 0.1) is 0 Å². The van der Waals surface area contributed by atoms with Gasteiger partial charge < -0.3 is 5.32 Å². The van der Waals surface area contributed by atoms with Crippen molar-refractivity contribution >= 4 is 80.0 Å². The Morgan fingerprint density at radius 1 is 1.29 bits per heavy atom. The number of carbonyl (C=O) groups excluding carboxylic acids is 1. The summed E-state index contributed by atoms with van der Waals surface area (Å²) in [7, 11) is 0. The van der Waals surface area contributed by atoms with Crippen molar-refractivity contribution in [3.8, 4) is 0 Å². The number of alkyl halides is 2. The molecule has 0 spiro atoms. The molecule has 0 bridgehead atoms. The second kappa shape index (κ2) is 5.72. The van der Waals surface area contributed by atoms with E-state index in [1.807, 2.05) is 45.2 Å². The molecule has 0 aromatic heterocycles. The molecule has 0 unspecified atom stereocenters. The first-order valence-corrected chi connectivity index (χ1v) is 6.79. The average Bonchev–Trinajstić information content (AvgIpc) is 2.11. The molecule has 76 valence electrons. The fourth-order valence-electron chi connectivity index (χ4n) is 0.771. The summed E-state index contributed by atoms with van der Waals surface area (Å²) in [5, 5.41) is 3.62. The molecular weight excluding hydrogens is 451 g/mol. The van der Waals surface area contributed by atoms with Gasteiger partial charge in [-0.25, -0.2) is 0 Å². The number of anilines is 1. The van der Waals surface area contributed by atoms with Crippen LogP contribution in [0.15, 0.2) is 18.2 Å². The first kappa shape index (κ1) is 12.8. The SMILES string of the molecule is O=C(Nc1ccc(Cl)c(Cl)c1)C(I)I. The molecule has 0 aliphatic heterocycles. The van der Waals surface area contributed by atoms with Crippen LogP contribution in [0.4, 0.5) is 5.69 Å². The van der Waals surface area contributed by atoms with Gasteiger partial charge in [0.25, 0.3) is 0 Å². The van der Waals surface area contributed by atoms with E-state index in [-0.39, 0.29) is 7.84 Å². The maximum absolute atomic E-state index is 11.3. The molecule has 1 aromatic rings. The van der Waals surface area contributed by atoms with E-state index in [0.717, 1.165) is 0 Å². The Kier molecular flexibility index (Phi) is 5.22. The number of amides is 1. The Balaban J connectivity index is 2.78. The van der Waals surface area contributed by atoms with E-state index in [1.165, 1.54) is 0 Å². The number of nitrogens with one attached hydrogen (secondary N) is 1. The summed E-state index contributed by atoms with van der Waals surface area (Å²) in [6.45, 7) is 0. The van der Waals surface area contributed by atoms with Gasteiger partial charge in [0.15, 0.2) is 0 Å². The lowest BCUT2D eigenvalue weighted by atomic mass is 10.3. The van der Waals surface area contributed by atoms with Crippen molar-refractivity contribution in [1.82, 2.24) is 0 Å². The number of benzene rings is 1. The number of carbonyl (C=O) groups is 1. The van der Waals surface area contributed by atoms with E-state index in [1.54, 1.807) is 18.2 Å². The van der Waals surface area contributed by atoms with Gasteiger partial charge in [0.05, 0.1) is 10.0 Å². The van der Waals surface area contributed by atoms with Gasteiger partial charge in [-0.15, -0.1) is 0 Å². The lowest BCUT2D eigenvalue weighted by molar-refractivity contribution is -0.113. The fourth-order valence-corrected chi connectivity index (χ4v) is 1.38. The molecule has 2 nitrogen and oxygen atoms in total. The van der Waals surface area contributed by atoms with Crippen LogP contribution in [0.5, 0.6) is 0 Å². The summed E-state index contributed by atoms with van der Waals surface area (Å²) in [5.74, 6) is -0.0652. The highest BCUT2D eigenvalue weighted by Gasteiger charge is 2.10. The summed E-state index contributed by atoms with van der Waals surface area (Å²) in [4.78, 5) is 11.3. The van der Waals surface area contributed by atoms with Crippen LogP contribution >= 0.6 is 68.4 Å². The van der Waals surface area contributed by atoms with Gasteiger partial charge >= 0.3 is 0 Å². The van der Waals surface area contributed by atoms with Crippen molar-refractivity contribution in [2.45, 2.75) is 1.93 Å². The molecule has 1 aromatic carbocycles. The minimum absolute atomic E-state index is 0.0652. The zero-order valence-corrected chi connectivity index (χ0v) is 12.6. The van der Waals surface area contributed by atoms with Crippen LogP contribution in [0.25, 0.3) is 0 Å². The number of hydrogen-bond acceptors (Lipinski definition) is 1. The molecule has 1 N–H and O–H groups in total. The predicted molar refractivity (Wildman–Crippen MR) is 76.9 cm³/mol. The maximum atomic E-state index is 11.3. The third-order valence-electron chi connectivity index (χ3n) is 1.39. The smallest absolute Gasteiger partial charge is 0.247 e. The van der Waals surface area contributed by atoms with Crippen LogP contribution < -0.4 is 5.32 Å². The summed E-state index contributed by atoms with van der Waals surface area (Å²) >= 11 is 15.6. The molecule has 0 heterocycles. The lowest BCUT2D eigenvalue weighted by Gasteiger charge is -2.06. The Labute approximate surface area is 119 Å². The van der Waals surface area contributed by atoms with Gasteiger partial charge in [-0.3, -0.25) is 4.79 Å². The Morgan fingerprint density at radius 3 is 2.43 bits per heavy atom. The van der Waals surface area contributed by atoms with E-state index < -0.39 is 0 Å². The zero-order valence-electron chi connectivity index (χ0n) is 6.73. The number of rotatable bonds is 2. The van der Waals surface area contributed by atoms with E-state index >= 15 is 0 Å². The van der Waals surface area contributed by atoms with Crippen molar-refractivity contribution in [2.24, 2.45) is 0 Å². The molecule has 0 aliphatic rings. The summed E-state index contributed by atoms with van der Waals surface area (Å²) in [6.07, 6.45) is 0. The average molecular weight is 456 g/mol. The largest absolute Gasteiger partial charge is 0.324 e. The van der Waals surface area contributed by atoms with E-state index in [0.29, 0.717) is 15.7 Å². The molecular formula is C8H5Cl2I2NO. The van der Waals surface area contributed by atoms with Gasteiger partial charge in [-0.05, 0) is 18.2 Å². The highest BCUT2D eigenvalue weighted by molar-refractivity contribution is 14.2. The van der Waals surface area contributed by atoms with Crippen LogP contribution in [0.2, 0.25) is 10.0 Å². The third-order valence-corrected chi connectivity index (χ3v) is 3.26. The summed E-state index contributed by atoms with van der Waals surface area (Å²) < 4.78 is -0.111. The van der Waals surface area contributed by atoms with E-state index in [9.17, 15) is 4.79 Å². The molecule has 1 rings (SSSR count). The molecule has 0 radical (unpaired) electrons. The minimum atomic E-state index is -0.111. The zero-order chi connectivity index (χ0) is 10.7. The lowest BCUT2D eigenvalue weighted by Crippen LogP contribution is -2.17. The predicted octanol–water partition coefficient (Wildman–Crippen LogP) is 4.13. The van der Waals surface area contributed by atoms with Crippen molar-refractivity contribution in [1.29, 1.82) is 0 Å². The van der Waals surface area contributed by atoms with Crippen molar-refractivity contribution in [3.63, 3.8) is 0 Å². The second-order valence-electron chi connectivity index (χ2n) is 2.42. The van der Waals surface area contributed by atoms with Gasteiger partial charge in [-0.1, -0.05) is 68.4 Å². The third kappa shape index (κ3) is 3.71. The minimum Gasteiger partial charge on any atom is -0.324 e. The maximum Gasteiger partial charge on any atom is 0.247 e. The molecule has 0 aliphatic carbocycles. The molecule has 6 heteroatoms. The van der Waals surface area contributed by atoms with Gasteiger partial charge in [0.1, 0.15) is 1.93 Å². The van der Waals surface area contributed by atoms with E-state index in [2.05, 4.69) is 5.32 Å². The van der Waals surface area contributed by atoms with Crippen molar-refractivity contribution in [3.05, 3.63) is 28.2 Å². The Hall–Kier alpha value is 0.730. The Bertz CT molecular complexity index is 357. The Morgan fingerprint density at radius 2 is 1.93 bits per heavy atom. The van der Waals surface area contributed by atoms with Crippen LogP contribution in [-0.4, -0.2) is 7.84 Å². The molecule has 0 atom stereocenters. The van der Waals surface area contributed by atoms with Crippen LogP contribution in [0.1, 0.15) is 0 Å². The topological polar surface area (TPSA) is 29.1 Å². The van der Waals surface area contributed by atoms with E-state index in [4.69, 9.17) is 23.2 Å². The second-order valence-corrected chi connectivity index (χ2v) is 8.11. The van der Waals surface area contributed by atoms with Gasteiger partial charge in [-0.2, -0.15) is 0 Å². The van der Waals surface area contributed by atoms with Gasteiger partial charge in [0, 0.05) is 5.69 Å². The van der Waals surface area contributed by atoms with Gasteiger partial charge in [0.2, 0.25) is 5.91 Å². The quantitative estimate of drug-likeness (QED) is 0.527. The van der Waals surface area contributed by atoms with Crippen LogP contribution in [0.3, 0.4) is 0 Å². The number of halogens is 4. The summed E-state index contributed by atoms with van der Waals surface area (Å²) in [6, 6.07) is 4.98. The number of hydrogen-bond donors (Lipinski definition) is 1. The van der Waals surface area contributed by atoms with Crippen LogP contribution in [-0.2, 0) is 4.79 Å². The normalized spacial score (nSPS) is 10.4. The first-order valence-electron chi connectivity index (χ1n) is 3.55. The molecule has 14 heavy (non-hydrogen) atoms. The summed E-state index contributed by atoms with van der Waals surface area (Å²) in [5.41, 5.74) is 0.655. The molecule has 0 saturated carbocycles. The van der Waals surface area contributed by atoms with Crippen molar-refractivity contribution in [2.75, 3.05) is 5.32 Å². The highest BCUT2D eigenvalue weighted by atomic mass is 127. The standard InChI is InChI=1S/C8H5Cl2I2NO/c9-5-2-1-4(3-6(5)10)13-8(14)7(11)12/h1-3,7H,(H,13,14). The highest BCUT2D eigenvalue weighted by Crippen LogP contribution is 2.25. The molecule has 1 amide bonds.